The minimum absolute atomic E-state index is 0.264. The van der Waals surface area contributed by atoms with Crippen LogP contribution in [0.25, 0.3) is 11.1 Å². The van der Waals surface area contributed by atoms with E-state index in [0.29, 0.717) is 49.1 Å². The van der Waals surface area contributed by atoms with Crippen LogP contribution in [0.15, 0.2) is 46.9 Å². The lowest BCUT2D eigenvalue weighted by molar-refractivity contribution is -0.140. The van der Waals surface area contributed by atoms with Crippen molar-refractivity contribution in [3.8, 4) is 0 Å². The maximum atomic E-state index is 12.7. The van der Waals surface area contributed by atoms with Gasteiger partial charge in [-0.2, -0.15) is 4.98 Å². The van der Waals surface area contributed by atoms with Gasteiger partial charge in [0.15, 0.2) is 5.58 Å². The number of anilines is 1. The van der Waals surface area contributed by atoms with E-state index in [1.807, 2.05) is 54.3 Å². The number of hydrogen-bond donors (Lipinski definition) is 2. The topological polar surface area (TPSA) is 113 Å². The molecule has 0 bridgehead atoms. The predicted molar refractivity (Wildman–Crippen MR) is 126 cm³/mol. The molecular formula is C24H27ClN4O4. The van der Waals surface area contributed by atoms with Crippen LogP contribution in [0.5, 0.6) is 0 Å². The second-order valence-electron chi connectivity index (χ2n) is 8.60. The van der Waals surface area contributed by atoms with Gasteiger partial charge in [0.2, 0.25) is 11.8 Å². The molecule has 0 aliphatic carbocycles. The summed E-state index contributed by atoms with van der Waals surface area (Å²) in [4.78, 5) is 32.7. The fourth-order valence-corrected chi connectivity index (χ4v) is 4.51. The number of aliphatic hydroxyl groups is 1. The maximum absolute atomic E-state index is 12.7. The number of amides is 2. The van der Waals surface area contributed by atoms with Crippen LogP contribution in [-0.4, -0.2) is 53.0 Å². The van der Waals surface area contributed by atoms with Crippen molar-refractivity contribution < 1.29 is 19.1 Å². The van der Waals surface area contributed by atoms with E-state index in [9.17, 15) is 14.7 Å². The predicted octanol–water partition coefficient (Wildman–Crippen LogP) is 2.88. The molecule has 174 valence electrons. The number of carbonyl (C=O) groups excluding carboxylic acids is 2. The van der Waals surface area contributed by atoms with Gasteiger partial charge in [0, 0.05) is 31.2 Å². The number of aliphatic hydroxyl groups excluding tert-OH is 1. The number of benzene rings is 2. The highest BCUT2D eigenvalue weighted by atomic mass is 35.5. The SMILES string of the molecule is Cc1ccc2nc(N(Cc3ccccc3Cl)CC3(C(N)=O)CCN(C(=O)CO)CC3)oc2c1. The van der Waals surface area contributed by atoms with E-state index in [4.69, 9.17) is 21.8 Å². The van der Waals surface area contributed by atoms with Crippen LogP contribution in [0.2, 0.25) is 5.02 Å². The molecule has 1 aliphatic rings. The van der Waals surface area contributed by atoms with E-state index in [0.717, 1.165) is 16.6 Å². The Kier molecular flexibility index (Phi) is 6.58. The lowest BCUT2D eigenvalue weighted by Crippen LogP contribution is -2.54. The van der Waals surface area contributed by atoms with Crippen LogP contribution in [0, 0.1) is 12.3 Å². The van der Waals surface area contributed by atoms with Gasteiger partial charge in [0.25, 0.3) is 6.01 Å². The first-order chi connectivity index (χ1) is 15.8. The Morgan fingerprint density at radius 1 is 1.24 bits per heavy atom. The molecular weight excluding hydrogens is 444 g/mol. The van der Waals surface area contributed by atoms with Crippen molar-refractivity contribution in [1.82, 2.24) is 9.88 Å². The number of primary amides is 1. The molecule has 1 aliphatic heterocycles. The Balaban J connectivity index is 1.68. The monoisotopic (exact) mass is 470 g/mol. The van der Waals surface area contributed by atoms with E-state index in [-0.39, 0.29) is 12.5 Å². The van der Waals surface area contributed by atoms with Gasteiger partial charge in [-0.3, -0.25) is 9.59 Å². The number of piperidine rings is 1. The number of aryl methyl sites for hydroxylation is 1. The number of nitrogens with zero attached hydrogens (tertiary/aromatic N) is 3. The number of likely N-dealkylation sites (tertiary alicyclic amines) is 1. The smallest absolute Gasteiger partial charge is 0.298 e. The molecule has 0 spiro atoms. The number of rotatable bonds is 7. The average Bonchev–Trinajstić information content (AvgIpc) is 3.23. The lowest BCUT2D eigenvalue weighted by Gasteiger charge is -2.42. The van der Waals surface area contributed by atoms with Crippen molar-refractivity contribution >= 4 is 40.5 Å². The van der Waals surface area contributed by atoms with Crippen LogP contribution in [0.1, 0.15) is 24.0 Å². The molecule has 1 fully saturated rings. The fourth-order valence-electron chi connectivity index (χ4n) is 4.31. The first kappa shape index (κ1) is 23.1. The van der Waals surface area contributed by atoms with Crippen molar-refractivity contribution in [1.29, 1.82) is 0 Å². The summed E-state index contributed by atoms with van der Waals surface area (Å²) in [6.07, 6.45) is 0.763. The first-order valence-electron chi connectivity index (χ1n) is 10.9. The average molecular weight is 471 g/mol. The molecule has 2 amide bonds. The highest BCUT2D eigenvalue weighted by Crippen LogP contribution is 2.36. The summed E-state index contributed by atoms with van der Waals surface area (Å²) in [5.41, 5.74) is 8.32. The van der Waals surface area contributed by atoms with Gasteiger partial charge in [-0.15, -0.1) is 0 Å². The van der Waals surface area contributed by atoms with Gasteiger partial charge in [-0.1, -0.05) is 35.9 Å². The largest absolute Gasteiger partial charge is 0.423 e. The van der Waals surface area contributed by atoms with Crippen LogP contribution in [-0.2, 0) is 16.1 Å². The van der Waals surface area contributed by atoms with Crippen molar-refractivity contribution in [3.63, 3.8) is 0 Å². The molecule has 0 radical (unpaired) electrons. The highest BCUT2D eigenvalue weighted by molar-refractivity contribution is 6.31. The molecule has 8 nitrogen and oxygen atoms in total. The molecule has 3 N–H and O–H groups in total. The molecule has 3 aromatic rings. The van der Waals surface area contributed by atoms with Crippen molar-refractivity contribution in [2.45, 2.75) is 26.3 Å². The summed E-state index contributed by atoms with van der Waals surface area (Å²) in [5.74, 6) is -0.787. The van der Waals surface area contributed by atoms with E-state index in [2.05, 4.69) is 4.98 Å². The number of fused-ring (bicyclic) bond motifs is 1. The van der Waals surface area contributed by atoms with Gasteiger partial charge < -0.3 is 25.1 Å². The maximum Gasteiger partial charge on any atom is 0.298 e. The molecule has 1 aromatic heterocycles. The number of hydrogen-bond acceptors (Lipinski definition) is 6. The molecule has 1 saturated heterocycles. The van der Waals surface area contributed by atoms with Gasteiger partial charge >= 0.3 is 0 Å². The molecule has 2 aromatic carbocycles. The molecule has 0 atom stereocenters. The highest BCUT2D eigenvalue weighted by Gasteiger charge is 2.43. The zero-order chi connectivity index (χ0) is 23.6. The number of carbonyl (C=O) groups is 2. The van der Waals surface area contributed by atoms with Crippen molar-refractivity contribution in [2.24, 2.45) is 11.1 Å². The molecule has 33 heavy (non-hydrogen) atoms. The normalized spacial score (nSPS) is 15.5. The fraction of sp³-hybridized carbons (Fsp3) is 0.375. The lowest BCUT2D eigenvalue weighted by atomic mass is 9.77. The van der Waals surface area contributed by atoms with E-state index in [1.165, 1.54) is 0 Å². The minimum atomic E-state index is -0.885. The number of aromatic nitrogens is 1. The summed E-state index contributed by atoms with van der Waals surface area (Å²) < 4.78 is 6.09. The van der Waals surface area contributed by atoms with Gasteiger partial charge in [0.05, 0.1) is 5.41 Å². The van der Waals surface area contributed by atoms with Gasteiger partial charge in [0.1, 0.15) is 12.1 Å². The van der Waals surface area contributed by atoms with Crippen molar-refractivity contribution in [3.05, 3.63) is 58.6 Å². The van der Waals surface area contributed by atoms with E-state index >= 15 is 0 Å². The zero-order valence-corrected chi connectivity index (χ0v) is 19.2. The third-order valence-electron chi connectivity index (χ3n) is 6.35. The van der Waals surface area contributed by atoms with Gasteiger partial charge in [-0.25, -0.2) is 0 Å². The second-order valence-corrected chi connectivity index (χ2v) is 9.01. The molecule has 9 heteroatoms. The summed E-state index contributed by atoms with van der Waals surface area (Å²) in [5, 5.41) is 9.78. The number of nitrogens with two attached hydrogens (primary N) is 1. The minimum Gasteiger partial charge on any atom is -0.423 e. The molecule has 0 saturated carbocycles. The Hall–Kier alpha value is -3.10. The Bertz CT molecular complexity index is 1170. The summed E-state index contributed by atoms with van der Waals surface area (Å²) in [6, 6.07) is 13.6. The van der Waals surface area contributed by atoms with Crippen LogP contribution in [0.3, 0.4) is 0 Å². The van der Waals surface area contributed by atoms with E-state index < -0.39 is 17.9 Å². The Morgan fingerprint density at radius 2 is 1.97 bits per heavy atom. The van der Waals surface area contributed by atoms with Crippen LogP contribution < -0.4 is 10.6 Å². The van der Waals surface area contributed by atoms with E-state index in [1.54, 1.807) is 4.90 Å². The summed E-state index contributed by atoms with van der Waals surface area (Å²) in [7, 11) is 0. The first-order valence-corrected chi connectivity index (χ1v) is 11.2. The standard InChI is InChI=1S/C24H27ClN4O4/c1-16-6-7-19-20(12-16)33-23(27-19)29(13-17-4-2-3-5-18(17)25)15-24(22(26)32)8-10-28(11-9-24)21(31)14-30/h2-7,12,30H,8-11,13-15H2,1H3,(H2,26,32). The molecule has 0 unspecified atom stereocenters. The summed E-state index contributed by atoms with van der Waals surface area (Å²) >= 11 is 6.43. The van der Waals surface area contributed by atoms with Crippen LogP contribution in [0.4, 0.5) is 6.01 Å². The van der Waals surface area contributed by atoms with Crippen molar-refractivity contribution in [2.75, 3.05) is 31.1 Å². The number of oxazole rings is 1. The quantitative estimate of drug-likeness (QED) is 0.549. The molecule has 2 heterocycles. The second kappa shape index (κ2) is 9.41. The Morgan fingerprint density at radius 3 is 2.64 bits per heavy atom. The number of halogens is 1. The zero-order valence-electron chi connectivity index (χ0n) is 18.5. The third-order valence-corrected chi connectivity index (χ3v) is 6.72. The third kappa shape index (κ3) is 4.82. The van der Waals surface area contributed by atoms with Gasteiger partial charge in [-0.05, 0) is 49.1 Å². The Labute approximate surface area is 196 Å². The van der Waals surface area contributed by atoms with Crippen LogP contribution >= 0.6 is 11.6 Å². The molecule has 4 rings (SSSR count). The summed E-state index contributed by atoms with van der Waals surface area (Å²) in [6.45, 7) is 2.75.